The Hall–Kier alpha value is -3.42. The van der Waals surface area contributed by atoms with Crippen molar-refractivity contribution in [2.45, 2.75) is 32.7 Å². The van der Waals surface area contributed by atoms with E-state index in [1.165, 1.54) is 13.1 Å². The standard InChI is InChI=1S/C22H23FN4O3/c1-12-11-30-22-19(26-9-5-7-14-6-3-4-8-25-14)17(23)18(24)16-20(22)27(12)10-15(13(2)28)21(16)29/h3-4,6,8,10,12,26H,5,7,9,11,24H2,1-2H3/t12-/m0/s1. The van der Waals surface area contributed by atoms with Crippen LogP contribution in [0.15, 0.2) is 35.4 Å². The fourth-order valence-corrected chi connectivity index (χ4v) is 3.79. The number of rotatable bonds is 6. The first kappa shape index (κ1) is 19.9. The molecule has 1 aliphatic heterocycles. The van der Waals surface area contributed by atoms with Crippen molar-refractivity contribution in [1.82, 2.24) is 9.55 Å². The molecule has 156 valence electrons. The average molecular weight is 410 g/mol. The first-order valence-corrected chi connectivity index (χ1v) is 9.87. The van der Waals surface area contributed by atoms with Gasteiger partial charge in [0.25, 0.3) is 0 Å². The van der Waals surface area contributed by atoms with Gasteiger partial charge in [-0.15, -0.1) is 0 Å². The van der Waals surface area contributed by atoms with E-state index in [9.17, 15) is 9.59 Å². The zero-order valence-corrected chi connectivity index (χ0v) is 16.9. The van der Waals surface area contributed by atoms with Gasteiger partial charge in [0, 0.05) is 24.6 Å². The fraction of sp³-hybridized carbons (Fsp3) is 0.318. The van der Waals surface area contributed by atoms with E-state index >= 15 is 4.39 Å². The van der Waals surface area contributed by atoms with E-state index < -0.39 is 11.2 Å². The summed E-state index contributed by atoms with van der Waals surface area (Å²) < 4.78 is 22.8. The Morgan fingerprint density at radius 1 is 1.43 bits per heavy atom. The molecule has 1 aromatic carbocycles. The van der Waals surface area contributed by atoms with Gasteiger partial charge in [-0.1, -0.05) is 6.07 Å². The maximum atomic E-state index is 15.2. The topological polar surface area (TPSA) is 99.2 Å². The molecule has 4 rings (SSSR count). The second-order valence-electron chi connectivity index (χ2n) is 7.50. The van der Waals surface area contributed by atoms with E-state index in [-0.39, 0.29) is 46.5 Å². The minimum absolute atomic E-state index is 0.00984. The maximum Gasteiger partial charge on any atom is 0.202 e. The van der Waals surface area contributed by atoms with Crippen LogP contribution in [-0.2, 0) is 6.42 Å². The zero-order chi connectivity index (χ0) is 21.4. The Balaban J connectivity index is 1.75. The van der Waals surface area contributed by atoms with Crippen molar-refractivity contribution < 1.29 is 13.9 Å². The van der Waals surface area contributed by atoms with E-state index in [4.69, 9.17) is 10.5 Å². The number of hydrogen-bond acceptors (Lipinski definition) is 6. The van der Waals surface area contributed by atoms with Crippen LogP contribution in [0.25, 0.3) is 10.9 Å². The Morgan fingerprint density at radius 3 is 2.93 bits per heavy atom. The number of aryl methyl sites for hydroxylation is 1. The van der Waals surface area contributed by atoms with Gasteiger partial charge in [-0.2, -0.15) is 0 Å². The van der Waals surface area contributed by atoms with Gasteiger partial charge in [0.1, 0.15) is 12.3 Å². The quantitative estimate of drug-likeness (QED) is 0.367. The molecule has 0 fully saturated rings. The lowest BCUT2D eigenvalue weighted by atomic mass is 10.0. The number of nitrogens with one attached hydrogen (secondary N) is 1. The van der Waals surface area contributed by atoms with Crippen molar-refractivity contribution in [2.24, 2.45) is 0 Å². The van der Waals surface area contributed by atoms with Crippen LogP contribution in [0.1, 0.15) is 42.4 Å². The number of aromatic nitrogens is 2. The molecule has 7 nitrogen and oxygen atoms in total. The lowest BCUT2D eigenvalue weighted by Gasteiger charge is -2.29. The van der Waals surface area contributed by atoms with Gasteiger partial charge in [0.2, 0.25) is 5.43 Å². The summed E-state index contributed by atoms with van der Waals surface area (Å²) in [6.07, 6.45) is 4.71. The molecule has 0 bridgehead atoms. The third-order valence-corrected chi connectivity index (χ3v) is 5.36. The molecule has 0 unspecified atom stereocenters. The van der Waals surface area contributed by atoms with Gasteiger partial charge in [-0.05, 0) is 38.8 Å². The van der Waals surface area contributed by atoms with Crippen LogP contribution in [0.4, 0.5) is 15.8 Å². The number of pyridine rings is 2. The number of halogens is 1. The summed E-state index contributed by atoms with van der Waals surface area (Å²) >= 11 is 0. The highest BCUT2D eigenvalue weighted by Gasteiger charge is 2.29. The van der Waals surface area contributed by atoms with Gasteiger partial charge in [-0.25, -0.2) is 4.39 Å². The highest BCUT2D eigenvalue weighted by atomic mass is 19.1. The lowest BCUT2D eigenvalue weighted by molar-refractivity contribution is 0.101. The number of hydrogen-bond donors (Lipinski definition) is 2. The molecule has 0 radical (unpaired) electrons. The number of anilines is 2. The number of carbonyl (C=O) groups is 1. The molecule has 0 amide bonds. The number of nitrogens with two attached hydrogens (primary N) is 1. The minimum Gasteiger partial charge on any atom is -0.487 e. The molecule has 0 aliphatic carbocycles. The van der Waals surface area contributed by atoms with Crippen LogP contribution >= 0.6 is 0 Å². The molecule has 3 aromatic rings. The van der Waals surface area contributed by atoms with E-state index in [1.54, 1.807) is 10.8 Å². The zero-order valence-electron chi connectivity index (χ0n) is 16.9. The first-order valence-electron chi connectivity index (χ1n) is 9.87. The smallest absolute Gasteiger partial charge is 0.202 e. The molecular weight excluding hydrogens is 387 g/mol. The highest BCUT2D eigenvalue weighted by Crippen LogP contribution is 2.43. The fourth-order valence-electron chi connectivity index (χ4n) is 3.79. The number of Topliss-reactive ketones (excluding diaryl/α,β-unsaturated/α-hetero) is 1. The molecule has 1 aliphatic rings. The van der Waals surface area contributed by atoms with Gasteiger partial charge in [-0.3, -0.25) is 14.6 Å². The number of ketones is 1. The first-order chi connectivity index (χ1) is 14.4. The molecule has 0 spiro atoms. The maximum absolute atomic E-state index is 15.2. The summed E-state index contributed by atoms with van der Waals surface area (Å²) in [5.41, 5.74) is 6.68. The van der Waals surface area contributed by atoms with Crippen LogP contribution in [0.5, 0.6) is 5.75 Å². The SMILES string of the molecule is CC(=O)c1cn2c3c(c(NCCCc4ccccn4)c(F)c(N)c3c1=O)OC[C@@H]2C. The van der Waals surface area contributed by atoms with Crippen LogP contribution in [0.2, 0.25) is 0 Å². The minimum atomic E-state index is -0.741. The molecular formula is C22H23FN4O3. The molecule has 3 N–H and O–H groups in total. The van der Waals surface area contributed by atoms with Crippen molar-refractivity contribution >= 4 is 28.1 Å². The van der Waals surface area contributed by atoms with Crippen LogP contribution in [-0.4, -0.2) is 28.5 Å². The summed E-state index contributed by atoms with van der Waals surface area (Å²) in [6, 6.07) is 5.58. The number of nitrogen functional groups attached to an aromatic ring is 1. The number of carbonyl (C=O) groups excluding carboxylic acids is 1. The Bertz CT molecular complexity index is 1190. The number of benzene rings is 1. The largest absolute Gasteiger partial charge is 0.487 e. The molecule has 30 heavy (non-hydrogen) atoms. The summed E-state index contributed by atoms with van der Waals surface area (Å²) in [6.45, 7) is 3.97. The van der Waals surface area contributed by atoms with Crippen molar-refractivity contribution in [3.05, 3.63) is 57.9 Å². The van der Waals surface area contributed by atoms with Crippen LogP contribution in [0, 0.1) is 5.82 Å². The van der Waals surface area contributed by atoms with Crippen molar-refractivity contribution in [2.75, 3.05) is 24.2 Å². The Kier molecular flexibility index (Phi) is 5.15. The normalized spacial score (nSPS) is 15.1. The Morgan fingerprint density at radius 2 is 2.23 bits per heavy atom. The lowest BCUT2D eigenvalue weighted by Crippen LogP contribution is -2.27. The molecule has 1 atom stereocenters. The van der Waals surface area contributed by atoms with Gasteiger partial charge in [0.05, 0.1) is 28.2 Å². The van der Waals surface area contributed by atoms with Gasteiger partial charge in [0.15, 0.2) is 17.3 Å². The molecule has 0 saturated heterocycles. The second kappa shape index (κ2) is 7.78. The highest BCUT2D eigenvalue weighted by molar-refractivity contribution is 6.04. The summed E-state index contributed by atoms with van der Waals surface area (Å²) in [5, 5.41) is 3.07. The summed E-state index contributed by atoms with van der Waals surface area (Å²) in [5.74, 6) is -0.878. The van der Waals surface area contributed by atoms with Crippen molar-refractivity contribution in [3.8, 4) is 5.75 Å². The third kappa shape index (κ3) is 3.28. The predicted octanol–water partition coefficient (Wildman–Crippen LogP) is 3.32. The van der Waals surface area contributed by atoms with Crippen LogP contribution < -0.4 is 21.2 Å². The molecule has 2 aromatic heterocycles. The second-order valence-corrected chi connectivity index (χ2v) is 7.50. The average Bonchev–Trinajstić information content (AvgIpc) is 2.73. The summed E-state index contributed by atoms with van der Waals surface area (Å²) in [4.78, 5) is 29.1. The predicted molar refractivity (Wildman–Crippen MR) is 114 cm³/mol. The van der Waals surface area contributed by atoms with E-state index in [0.717, 1.165) is 18.5 Å². The number of ether oxygens (including phenoxy) is 1. The van der Waals surface area contributed by atoms with E-state index in [1.807, 2.05) is 25.1 Å². The monoisotopic (exact) mass is 410 g/mol. The van der Waals surface area contributed by atoms with Crippen LogP contribution in [0.3, 0.4) is 0 Å². The number of nitrogens with zero attached hydrogens (tertiary/aromatic N) is 2. The summed E-state index contributed by atoms with van der Waals surface area (Å²) in [7, 11) is 0. The molecule has 3 heterocycles. The van der Waals surface area contributed by atoms with Crippen molar-refractivity contribution in [3.63, 3.8) is 0 Å². The molecule has 0 saturated carbocycles. The van der Waals surface area contributed by atoms with Gasteiger partial charge >= 0.3 is 0 Å². The molecule has 8 heteroatoms. The van der Waals surface area contributed by atoms with Crippen molar-refractivity contribution in [1.29, 1.82) is 0 Å². The van der Waals surface area contributed by atoms with Gasteiger partial charge < -0.3 is 20.4 Å². The van der Waals surface area contributed by atoms with E-state index in [0.29, 0.717) is 12.1 Å². The third-order valence-electron chi connectivity index (χ3n) is 5.36. The van der Waals surface area contributed by atoms with E-state index in [2.05, 4.69) is 10.3 Å². The Labute approximate surface area is 172 Å².